The lowest BCUT2D eigenvalue weighted by Gasteiger charge is -2.32. The van der Waals surface area contributed by atoms with Gasteiger partial charge in [0.05, 0.1) is 0 Å². The first-order chi connectivity index (χ1) is 8.92. The van der Waals surface area contributed by atoms with Crippen LogP contribution in [0, 0.1) is 0 Å². The van der Waals surface area contributed by atoms with E-state index in [0.717, 1.165) is 32.5 Å². The largest absolute Gasteiger partial charge is 0.325 e. The molecule has 0 unspecified atom stereocenters. The van der Waals surface area contributed by atoms with Gasteiger partial charge in [-0.15, -0.1) is 12.4 Å². The number of hydrogen-bond donors (Lipinski definition) is 2. The summed E-state index contributed by atoms with van der Waals surface area (Å²) in [6.45, 7) is 6.78. The molecule has 0 aromatic carbocycles. The molecule has 20 heavy (non-hydrogen) atoms. The number of nitrogens with one attached hydrogen (secondary N) is 2. The number of hydrogen-bond acceptors (Lipinski definition) is 4. The molecule has 7 heteroatoms. The van der Waals surface area contributed by atoms with Crippen molar-refractivity contribution in [2.75, 3.05) is 33.2 Å². The van der Waals surface area contributed by atoms with Gasteiger partial charge in [0.15, 0.2) is 0 Å². The average molecular weight is 305 g/mol. The van der Waals surface area contributed by atoms with Crippen molar-refractivity contribution in [2.24, 2.45) is 0 Å². The van der Waals surface area contributed by atoms with Crippen molar-refractivity contribution < 1.29 is 9.59 Å². The van der Waals surface area contributed by atoms with Gasteiger partial charge in [-0.25, -0.2) is 4.79 Å². The Morgan fingerprint density at radius 3 is 2.40 bits per heavy atom. The van der Waals surface area contributed by atoms with Gasteiger partial charge >= 0.3 is 6.03 Å². The SMILES string of the molecule is CN(CCN1C(=O)NC(C)(C)C1=O)C1CCNCC1.Cl. The maximum absolute atomic E-state index is 12.0. The highest BCUT2D eigenvalue weighted by molar-refractivity contribution is 6.06. The number of carbonyl (C=O) groups is 2. The molecular weight excluding hydrogens is 280 g/mol. The molecule has 2 heterocycles. The van der Waals surface area contributed by atoms with E-state index in [0.29, 0.717) is 12.6 Å². The third-order valence-corrected chi connectivity index (χ3v) is 4.05. The summed E-state index contributed by atoms with van der Waals surface area (Å²) < 4.78 is 0. The van der Waals surface area contributed by atoms with Gasteiger partial charge in [-0.05, 0) is 46.8 Å². The summed E-state index contributed by atoms with van der Waals surface area (Å²) >= 11 is 0. The molecule has 116 valence electrons. The van der Waals surface area contributed by atoms with Crippen molar-refractivity contribution in [1.29, 1.82) is 0 Å². The molecule has 0 radical (unpaired) electrons. The van der Waals surface area contributed by atoms with Crippen LogP contribution in [0.1, 0.15) is 26.7 Å². The summed E-state index contributed by atoms with van der Waals surface area (Å²) in [6.07, 6.45) is 2.25. The molecule has 2 rings (SSSR count). The van der Waals surface area contributed by atoms with E-state index in [1.807, 2.05) is 0 Å². The molecule has 0 atom stereocenters. The maximum Gasteiger partial charge on any atom is 0.325 e. The lowest BCUT2D eigenvalue weighted by atomic mass is 10.1. The number of urea groups is 1. The normalized spacial score (nSPS) is 22.9. The predicted molar refractivity (Wildman–Crippen MR) is 80.1 cm³/mol. The van der Waals surface area contributed by atoms with Gasteiger partial charge in [0.25, 0.3) is 5.91 Å². The first-order valence-electron chi connectivity index (χ1n) is 6.97. The Kier molecular flexibility index (Phi) is 5.79. The van der Waals surface area contributed by atoms with Gasteiger partial charge in [0.2, 0.25) is 0 Å². The lowest BCUT2D eigenvalue weighted by molar-refractivity contribution is -0.130. The zero-order valence-electron chi connectivity index (χ0n) is 12.4. The minimum atomic E-state index is -0.760. The van der Waals surface area contributed by atoms with Crippen molar-refractivity contribution in [3.05, 3.63) is 0 Å². The Balaban J connectivity index is 0.00000200. The molecule has 0 saturated carbocycles. The fraction of sp³-hybridized carbons (Fsp3) is 0.846. The van der Waals surface area contributed by atoms with Gasteiger partial charge in [-0.3, -0.25) is 9.69 Å². The third-order valence-electron chi connectivity index (χ3n) is 4.05. The fourth-order valence-corrected chi connectivity index (χ4v) is 2.71. The van der Waals surface area contributed by atoms with Crippen LogP contribution in [0.4, 0.5) is 4.79 Å². The molecule has 0 bridgehead atoms. The summed E-state index contributed by atoms with van der Waals surface area (Å²) in [4.78, 5) is 27.4. The maximum atomic E-state index is 12.0. The van der Waals surface area contributed by atoms with E-state index in [4.69, 9.17) is 0 Å². The van der Waals surface area contributed by atoms with Crippen LogP contribution in [0.15, 0.2) is 0 Å². The third kappa shape index (κ3) is 3.62. The second kappa shape index (κ2) is 6.74. The van der Waals surface area contributed by atoms with Crippen molar-refractivity contribution in [2.45, 2.75) is 38.3 Å². The highest BCUT2D eigenvalue weighted by Crippen LogP contribution is 2.17. The molecule has 0 spiro atoms. The van der Waals surface area contributed by atoms with E-state index in [9.17, 15) is 9.59 Å². The van der Waals surface area contributed by atoms with E-state index in [1.54, 1.807) is 13.8 Å². The molecule has 0 aliphatic carbocycles. The van der Waals surface area contributed by atoms with Crippen LogP contribution in [-0.4, -0.2) is 66.5 Å². The first kappa shape index (κ1) is 17.2. The van der Waals surface area contributed by atoms with Crippen LogP contribution in [0.2, 0.25) is 0 Å². The summed E-state index contributed by atoms with van der Waals surface area (Å²) in [7, 11) is 2.07. The van der Waals surface area contributed by atoms with Gasteiger partial charge in [-0.2, -0.15) is 0 Å². The molecule has 0 aromatic heterocycles. The van der Waals surface area contributed by atoms with Crippen molar-refractivity contribution in [3.63, 3.8) is 0 Å². The topological polar surface area (TPSA) is 64.7 Å². The summed E-state index contributed by atoms with van der Waals surface area (Å²) in [6, 6.07) is 0.281. The van der Waals surface area contributed by atoms with Gasteiger partial charge < -0.3 is 15.5 Å². The molecular formula is C13H25ClN4O2. The predicted octanol–water partition coefficient (Wildman–Crippen LogP) is 0.422. The zero-order chi connectivity index (χ0) is 14.0. The number of imide groups is 1. The van der Waals surface area contributed by atoms with Crippen molar-refractivity contribution >= 4 is 24.3 Å². The van der Waals surface area contributed by atoms with E-state index in [1.165, 1.54) is 4.90 Å². The number of piperidine rings is 1. The molecule has 0 aromatic rings. The Hall–Kier alpha value is -0.850. The smallest absolute Gasteiger partial charge is 0.324 e. The van der Waals surface area contributed by atoms with Gasteiger partial charge in [-0.1, -0.05) is 0 Å². The number of likely N-dealkylation sites (N-methyl/N-ethyl adjacent to an activating group) is 1. The monoisotopic (exact) mass is 304 g/mol. The van der Waals surface area contributed by atoms with E-state index in [-0.39, 0.29) is 24.3 Å². The quantitative estimate of drug-likeness (QED) is 0.739. The molecule has 3 amide bonds. The number of amides is 3. The van der Waals surface area contributed by atoms with Crippen LogP contribution in [0.5, 0.6) is 0 Å². The summed E-state index contributed by atoms with van der Waals surface area (Å²) in [5.74, 6) is -0.129. The van der Waals surface area contributed by atoms with Crippen LogP contribution in [-0.2, 0) is 4.79 Å². The number of halogens is 1. The number of rotatable bonds is 4. The molecule has 2 N–H and O–H groups in total. The van der Waals surface area contributed by atoms with E-state index >= 15 is 0 Å². The molecule has 2 fully saturated rings. The van der Waals surface area contributed by atoms with E-state index in [2.05, 4.69) is 22.6 Å². The molecule has 2 aliphatic heterocycles. The highest BCUT2D eigenvalue weighted by Gasteiger charge is 2.43. The number of carbonyl (C=O) groups excluding carboxylic acids is 2. The van der Waals surface area contributed by atoms with Gasteiger partial charge in [0.1, 0.15) is 5.54 Å². The van der Waals surface area contributed by atoms with E-state index < -0.39 is 5.54 Å². The Labute approximate surface area is 126 Å². The highest BCUT2D eigenvalue weighted by atomic mass is 35.5. The van der Waals surface area contributed by atoms with Crippen molar-refractivity contribution in [1.82, 2.24) is 20.4 Å². The van der Waals surface area contributed by atoms with Crippen LogP contribution in [0.25, 0.3) is 0 Å². The summed E-state index contributed by atoms with van der Waals surface area (Å²) in [5.41, 5.74) is -0.760. The van der Waals surface area contributed by atoms with Crippen LogP contribution in [0.3, 0.4) is 0 Å². The average Bonchev–Trinajstić information content (AvgIpc) is 2.57. The molecule has 2 saturated heterocycles. The minimum Gasteiger partial charge on any atom is -0.324 e. The zero-order valence-corrected chi connectivity index (χ0v) is 13.3. The Morgan fingerprint density at radius 1 is 1.30 bits per heavy atom. The lowest BCUT2D eigenvalue weighted by Crippen LogP contribution is -2.45. The second-order valence-corrected chi connectivity index (χ2v) is 5.97. The molecule has 2 aliphatic rings. The summed E-state index contributed by atoms with van der Waals surface area (Å²) in [5, 5.41) is 6.04. The second-order valence-electron chi connectivity index (χ2n) is 5.97. The van der Waals surface area contributed by atoms with Gasteiger partial charge in [0, 0.05) is 19.1 Å². The minimum absolute atomic E-state index is 0. The molecule has 6 nitrogen and oxygen atoms in total. The first-order valence-corrected chi connectivity index (χ1v) is 6.97. The fourth-order valence-electron chi connectivity index (χ4n) is 2.71. The Bertz CT molecular complexity index is 369. The number of nitrogens with zero attached hydrogens (tertiary/aromatic N) is 2. The van der Waals surface area contributed by atoms with Crippen molar-refractivity contribution in [3.8, 4) is 0 Å². The van der Waals surface area contributed by atoms with Crippen LogP contribution >= 0.6 is 12.4 Å². The van der Waals surface area contributed by atoms with Crippen LogP contribution < -0.4 is 10.6 Å². The Morgan fingerprint density at radius 2 is 1.90 bits per heavy atom. The standard InChI is InChI=1S/C13H24N4O2.ClH/c1-13(2)11(18)17(12(19)15-13)9-8-16(3)10-4-6-14-7-5-10;/h10,14H,4-9H2,1-3H3,(H,15,19);1H.